The van der Waals surface area contributed by atoms with E-state index in [9.17, 15) is 9.90 Å². The molecular formula is C31H45N6O2-. The van der Waals surface area contributed by atoms with E-state index in [4.69, 9.17) is 16.8 Å². The Morgan fingerprint density at radius 2 is 1.92 bits per heavy atom. The van der Waals surface area contributed by atoms with Crippen LogP contribution in [0.4, 0.5) is 5.82 Å². The summed E-state index contributed by atoms with van der Waals surface area (Å²) in [7, 11) is 0. The second kappa shape index (κ2) is 16.4. The predicted octanol–water partition coefficient (Wildman–Crippen LogP) is 5.87. The van der Waals surface area contributed by atoms with Gasteiger partial charge in [0.2, 0.25) is 0 Å². The predicted molar refractivity (Wildman–Crippen MR) is 161 cm³/mol. The van der Waals surface area contributed by atoms with E-state index in [-0.39, 0.29) is 18.1 Å². The molecular weight excluding hydrogens is 488 g/mol. The molecule has 1 aliphatic rings. The van der Waals surface area contributed by atoms with Crippen molar-refractivity contribution in [3.05, 3.63) is 77.3 Å². The van der Waals surface area contributed by atoms with E-state index in [0.29, 0.717) is 31.3 Å². The minimum absolute atomic E-state index is 0.225. The SMILES string of the molecule is CCCCC(N)CCCC(C=Cc1ccccc1)CCC([N-]c1ccc[nH]1)C(=CC(=O)O)C1CCN=C(N)N1. The monoisotopic (exact) mass is 533 g/mol. The number of benzene rings is 1. The van der Waals surface area contributed by atoms with E-state index < -0.39 is 5.97 Å². The molecule has 1 aromatic carbocycles. The topological polar surface area (TPSA) is 144 Å². The number of hydrogen-bond donors (Lipinski definition) is 5. The average Bonchev–Trinajstić information content (AvgIpc) is 3.44. The molecule has 0 amide bonds. The fourth-order valence-corrected chi connectivity index (χ4v) is 5.08. The fourth-order valence-electron chi connectivity index (χ4n) is 5.08. The molecule has 0 radical (unpaired) electrons. The molecule has 8 heteroatoms. The van der Waals surface area contributed by atoms with Crippen molar-refractivity contribution in [1.82, 2.24) is 10.3 Å². The average molecular weight is 534 g/mol. The summed E-state index contributed by atoms with van der Waals surface area (Å²) in [5.41, 5.74) is 14.2. The standard InChI is InChI=1S/C31H45N6O2/c1-2-3-12-25(32)13-7-11-24(16-15-23-9-5-4-6-10-23)17-18-27(36-29-14-8-20-34-29)26(22-30(38)39)28-19-21-35-31(33)37-28/h4-6,8-10,14-16,20,22,24-25,27-28,34H,2-3,7,11-13,17-19,21,32H2,1H3,(H,38,39)(H3,33,35,37)/q-1. The third-order valence-electron chi connectivity index (χ3n) is 7.23. The summed E-state index contributed by atoms with van der Waals surface area (Å²) in [5.74, 6) is 0.402. The normalized spacial score (nSPS) is 18.3. The van der Waals surface area contributed by atoms with Crippen LogP contribution in [0.2, 0.25) is 0 Å². The van der Waals surface area contributed by atoms with E-state index in [1.165, 1.54) is 24.5 Å². The number of nitrogens with two attached hydrogens (primary N) is 2. The zero-order chi connectivity index (χ0) is 27.9. The molecule has 39 heavy (non-hydrogen) atoms. The zero-order valence-electron chi connectivity index (χ0n) is 23.1. The van der Waals surface area contributed by atoms with Crippen LogP contribution in [-0.4, -0.2) is 46.7 Å². The summed E-state index contributed by atoms with van der Waals surface area (Å²) in [6.07, 6.45) is 16.4. The molecule has 0 saturated heterocycles. The Labute approximate surface area is 233 Å². The van der Waals surface area contributed by atoms with Gasteiger partial charge in [0.25, 0.3) is 0 Å². The summed E-state index contributed by atoms with van der Waals surface area (Å²) < 4.78 is 0. The van der Waals surface area contributed by atoms with Crippen molar-refractivity contribution in [2.75, 3.05) is 6.54 Å². The van der Waals surface area contributed by atoms with Crippen molar-refractivity contribution in [3.8, 4) is 0 Å². The third kappa shape index (κ3) is 11.0. The number of rotatable bonds is 17. The van der Waals surface area contributed by atoms with Crippen LogP contribution in [0.15, 0.2) is 71.4 Å². The van der Waals surface area contributed by atoms with Crippen LogP contribution in [0.25, 0.3) is 11.4 Å². The summed E-state index contributed by atoms with van der Waals surface area (Å²) in [6.45, 7) is 2.75. The van der Waals surface area contributed by atoms with Gasteiger partial charge in [0.05, 0.1) is 6.04 Å². The molecule has 8 nitrogen and oxygen atoms in total. The Morgan fingerprint density at radius 1 is 1.13 bits per heavy atom. The number of nitrogens with zero attached hydrogens (tertiary/aromatic N) is 2. The van der Waals surface area contributed by atoms with Crippen LogP contribution in [0.5, 0.6) is 0 Å². The Morgan fingerprint density at radius 3 is 2.62 bits per heavy atom. The highest BCUT2D eigenvalue weighted by Crippen LogP contribution is 2.32. The number of aromatic nitrogens is 1. The number of allylic oxidation sites excluding steroid dienone is 1. The molecule has 2 aromatic rings. The van der Waals surface area contributed by atoms with Gasteiger partial charge in [-0.3, -0.25) is 4.99 Å². The fraction of sp³-hybridized carbons (Fsp3) is 0.484. The molecule has 212 valence electrons. The van der Waals surface area contributed by atoms with Gasteiger partial charge in [-0.05, 0) is 61.6 Å². The smallest absolute Gasteiger partial charge is 0.328 e. The second-order valence-corrected chi connectivity index (χ2v) is 10.4. The number of aromatic amines is 1. The second-order valence-electron chi connectivity index (χ2n) is 10.4. The minimum Gasteiger partial charge on any atom is -0.478 e. The molecule has 0 fully saturated rings. The quantitative estimate of drug-likeness (QED) is 0.161. The van der Waals surface area contributed by atoms with E-state index in [1.54, 1.807) is 0 Å². The first-order chi connectivity index (χ1) is 18.9. The first-order valence-corrected chi connectivity index (χ1v) is 14.3. The van der Waals surface area contributed by atoms with Crippen molar-refractivity contribution in [2.45, 2.75) is 82.8 Å². The number of H-pyrrole nitrogens is 1. The van der Waals surface area contributed by atoms with E-state index >= 15 is 0 Å². The molecule has 4 atom stereocenters. The Hall–Kier alpha value is -3.52. The molecule has 3 rings (SSSR count). The minimum atomic E-state index is -0.985. The molecule has 2 heterocycles. The number of hydrogen-bond acceptors (Lipinski definition) is 5. The van der Waals surface area contributed by atoms with Crippen LogP contribution in [0, 0.1) is 5.92 Å². The van der Waals surface area contributed by atoms with Crippen molar-refractivity contribution in [1.29, 1.82) is 0 Å². The lowest BCUT2D eigenvalue weighted by Crippen LogP contribution is -2.46. The van der Waals surface area contributed by atoms with Crippen molar-refractivity contribution in [2.24, 2.45) is 22.4 Å². The van der Waals surface area contributed by atoms with E-state index in [1.807, 2.05) is 36.5 Å². The number of aliphatic carboxylic acids is 1. The Balaban J connectivity index is 1.77. The molecule has 0 bridgehead atoms. The highest BCUT2D eigenvalue weighted by Gasteiger charge is 2.25. The first kappa shape index (κ1) is 30.0. The summed E-state index contributed by atoms with van der Waals surface area (Å²) in [4.78, 5) is 19.3. The maximum Gasteiger partial charge on any atom is 0.328 e. The lowest BCUT2D eigenvalue weighted by molar-refractivity contribution is -0.131. The molecule has 1 aliphatic heterocycles. The number of carbonyl (C=O) groups is 1. The van der Waals surface area contributed by atoms with Gasteiger partial charge in [-0.1, -0.05) is 92.8 Å². The highest BCUT2D eigenvalue weighted by atomic mass is 16.4. The van der Waals surface area contributed by atoms with Gasteiger partial charge in [-0.15, -0.1) is 0 Å². The van der Waals surface area contributed by atoms with Crippen molar-refractivity contribution >= 4 is 23.8 Å². The Kier molecular flexibility index (Phi) is 12.7. The summed E-state index contributed by atoms with van der Waals surface area (Å²) in [6, 6.07) is 13.8. The molecule has 4 unspecified atom stereocenters. The molecule has 7 N–H and O–H groups in total. The maximum atomic E-state index is 11.9. The van der Waals surface area contributed by atoms with Gasteiger partial charge in [-0.2, -0.15) is 0 Å². The van der Waals surface area contributed by atoms with E-state index in [0.717, 1.165) is 43.5 Å². The van der Waals surface area contributed by atoms with E-state index in [2.05, 4.69) is 46.5 Å². The molecule has 0 aliphatic carbocycles. The highest BCUT2D eigenvalue weighted by molar-refractivity contribution is 5.83. The molecule has 0 spiro atoms. The summed E-state index contributed by atoms with van der Waals surface area (Å²) >= 11 is 0. The van der Waals surface area contributed by atoms with Crippen molar-refractivity contribution in [3.63, 3.8) is 0 Å². The number of unbranched alkanes of at least 4 members (excludes halogenated alkanes) is 1. The number of aliphatic imine (C=N–C) groups is 1. The van der Waals surface area contributed by atoms with Crippen LogP contribution in [0.3, 0.4) is 0 Å². The van der Waals surface area contributed by atoms with Crippen LogP contribution in [0.1, 0.15) is 70.3 Å². The third-order valence-corrected chi connectivity index (χ3v) is 7.23. The zero-order valence-corrected chi connectivity index (χ0v) is 23.1. The van der Waals surface area contributed by atoms with Crippen LogP contribution >= 0.6 is 0 Å². The Bertz CT molecular complexity index is 1060. The lowest BCUT2D eigenvalue weighted by Gasteiger charge is -2.35. The number of guanidine groups is 1. The van der Waals surface area contributed by atoms with Gasteiger partial charge < -0.3 is 32.2 Å². The van der Waals surface area contributed by atoms with Crippen molar-refractivity contribution < 1.29 is 9.90 Å². The number of nitrogens with one attached hydrogen (secondary N) is 2. The maximum absolute atomic E-state index is 11.9. The number of carboxylic acids is 1. The molecule has 0 saturated carbocycles. The largest absolute Gasteiger partial charge is 0.478 e. The van der Waals surface area contributed by atoms with Gasteiger partial charge in [-0.25, -0.2) is 4.79 Å². The van der Waals surface area contributed by atoms with Gasteiger partial charge in [0, 0.05) is 18.7 Å². The molecule has 1 aromatic heterocycles. The van der Waals surface area contributed by atoms with Gasteiger partial charge in [0.15, 0.2) is 5.96 Å². The summed E-state index contributed by atoms with van der Waals surface area (Å²) in [5, 5.41) is 17.9. The first-order valence-electron chi connectivity index (χ1n) is 14.3. The van der Waals surface area contributed by atoms with Crippen LogP contribution in [-0.2, 0) is 4.79 Å². The van der Waals surface area contributed by atoms with Gasteiger partial charge >= 0.3 is 5.97 Å². The van der Waals surface area contributed by atoms with Gasteiger partial charge in [0.1, 0.15) is 0 Å². The lowest BCUT2D eigenvalue weighted by atomic mass is 9.87. The van der Waals surface area contributed by atoms with Crippen LogP contribution < -0.4 is 16.8 Å². The number of carboxylic acid groups (broad SMARTS) is 1.